The summed E-state index contributed by atoms with van der Waals surface area (Å²) in [5, 5.41) is 0. The SMILES string of the molecule is CC12CCC([N+](C)(C)C)(C(=Cc3ccccc3)C1=O)C2(C)C.COS(=O)(=O)[O-]. The molecule has 156 valence electrons. The molecule has 2 unspecified atom stereocenters. The van der Waals surface area contributed by atoms with Crippen LogP contribution in [0.5, 0.6) is 0 Å². The van der Waals surface area contributed by atoms with Gasteiger partial charge in [-0.05, 0) is 18.1 Å². The van der Waals surface area contributed by atoms with Gasteiger partial charge in [-0.15, -0.1) is 0 Å². The summed E-state index contributed by atoms with van der Waals surface area (Å²) >= 11 is 0. The Morgan fingerprint density at radius 2 is 1.57 bits per heavy atom. The van der Waals surface area contributed by atoms with Crippen molar-refractivity contribution in [2.24, 2.45) is 10.8 Å². The third kappa shape index (κ3) is 3.34. The summed E-state index contributed by atoms with van der Waals surface area (Å²) in [7, 11) is 3.12. The molecule has 2 aliphatic carbocycles. The lowest BCUT2D eigenvalue weighted by Crippen LogP contribution is -2.62. The molecule has 7 heteroatoms. The van der Waals surface area contributed by atoms with Gasteiger partial charge < -0.3 is 9.04 Å². The maximum Gasteiger partial charge on any atom is 0.217 e. The van der Waals surface area contributed by atoms with Crippen LogP contribution in [0.1, 0.15) is 39.2 Å². The minimum absolute atomic E-state index is 0.0318. The number of hydrogen-bond donors (Lipinski definition) is 0. The van der Waals surface area contributed by atoms with Crippen LogP contribution in [0, 0.1) is 10.8 Å². The first-order chi connectivity index (χ1) is 12.6. The molecule has 0 amide bonds. The largest absolute Gasteiger partial charge is 0.726 e. The van der Waals surface area contributed by atoms with Crippen LogP contribution in [0.2, 0.25) is 0 Å². The van der Waals surface area contributed by atoms with Gasteiger partial charge in [-0.2, -0.15) is 0 Å². The van der Waals surface area contributed by atoms with E-state index in [0.717, 1.165) is 35.6 Å². The zero-order chi connectivity index (χ0) is 21.6. The van der Waals surface area contributed by atoms with Crippen molar-refractivity contribution in [3.8, 4) is 0 Å². The third-order valence-electron chi connectivity index (χ3n) is 7.05. The normalized spacial score (nSPS) is 30.3. The van der Waals surface area contributed by atoms with Crippen molar-refractivity contribution in [2.75, 3.05) is 28.3 Å². The molecule has 1 aromatic carbocycles. The first-order valence-electron chi connectivity index (χ1n) is 9.29. The van der Waals surface area contributed by atoms with Crippen LogP contribution in [0.3, 0.4) is 0 Å². The molecule has 3 rings (SSSR count). The Labute approximate surface area is 168 Å². The summed E-state index contributed by atoms with van der Waals surface area (Å²) in [6.45, 7) is 6.78. The van der Waals surface area contributed by atoms with E-state index >= 15 is 0 Å². The summed E-state index contributed by atoms with van der Waals surface area (Å²) in [4.78, 5) is 13.3. The molecule has 28 heavy (non-hydrogen) atoms. The molecule has 0 heterocycles. The maximum atomic E-state index is 13.3. The van der Waals surface area contributed by atoms with E-state index in [0.29, 0.717) is 5.78 Å². The van der Waals surface area contributed by atoms with Gasteiger partial charge in [0.1, 0.15) is 5.54 Å². The Kier molecular flexibility index (Phi) is 5.73. The van der Waals surface area contributed by atoms with Crippen LogP contribution in [0.4, 0.5) is 0 Å². The minimum Gasteiger partial charge on any atom is -0.726 e. The van der Waals surface area contributed by atoms with Crippen LogP contribution in [0.15, 0.2) is 35.9 Å². The number of ketones is 1. The van der Waals surface area contributed by atoms with Crippen LogP contribution < -0.4 is 0 Å². The Balaban J connectivity index is 0.000000409. The molecule has 2 bridgehead atoms. The number of hydrogen-bond acceptors (Lipinski definition) is 5. The van der Waals surface area contributed by atoms with Crippen molar-refractivity contribution in [3.05, 3.63) is 41.5 Å². The number of fused-ring (bicyclic) bond motifs is 2. The van der Waals surface area contributed by atoms with Crippen molar-refractivity contribution in [2.45, 2.75) is 39.2 Å². The molecule has 6 nitrogen and oxygen atoms in total. The van der Waals surface area contributed by atoms with Gasteiger partial charge in [-0.3, -0.25) is 8.98 Å². The van der Waals surface area contributed by atoms with Gasteiger partial charge >= 0.3 is 0 Å². The van der Waals surface area contributed by atoms with Crippen molar-refractivity contribution in [1.82, 2.24) is 0 Å². The molecular weight excluding hydrogens is 378 g/mol. The van der Waals surface area contributed by atoms with Crippen LogP contribution in [-0.4, -0.2) is 57.0 Å². The standard InChI is InChI=1S/C20H28NO.CH4O4S/c1-18(2)19(3)12-13-20(18,21(4,5)6)16(17(19)22)14-15-10-8-7-9-11-15;1-5-6(2,3)4/h7-11,14H,12-13H2,1-6H3;1H3,(H,2,3,4)/q+1;/p-1. The molecular formula is C21H31NO5S. The molecule has 2 atom stereocenters. The zero-order valence-corrected chi connectivity index (χ0v) is 18.6. The van der Waals surface area contributed by atoms with Gasteiger partial charge in [0.05, 0.1) is 33.8 Å². The summed E-state index contributed by atoms with van der Waals surface area (Å²) < 4.78 is 31.8. The van der Waals surface area contributed by atoms with Crippen molar-refractivity contribution in [1.29, 1.82) is 0 Å². The molecule has 1 aromatic rings. The molecule has 2 fully saturated rings. The topological polar surface area (TPSA) is 83.5 Å². The number of carbonyl (C=O) groups excluding carboxylic acids is 1. The lowest BCUT2D eigenvalue weighted by atomic mass is 9.67. The average Bonchev–Trinajstić information content (AvgIpc) is 2.87. The number of nitrogens with zero attached hydrogens (tertiary/aromatic N) is 1. The molecule has 0 saturated heterocycles. The fourth-order valence-electron chi connectivity index (χ4n) is 5.30. The smallest absolute Gasteiger partial charge is 0.217 e. The van der Waals surface area contributed by atoms with E-state index in [1.165, 1.54) is 0 Å². The van der Waals surface area contributed by atoms with Crippen molar-refractivity contribution in [3.63, 3.8) is 0 Å². The highest BCUT2D eigenvalue weighted by Crippen LogP contribution is 2.70. The van der Waals surface area contributed by atoms with Gasteiger partial charge in [0.25, 0.3) is 0 Å². The molecule has 2 aliphatic rings. The van der Waals surface area contributed by atoms with Crippen molar-refractivity contribution < 1.29 is 26.4 Å². The second-order valence-electron chi connectivity index (χ2n) is 9.20. The highest BCUT2D eigenvalue weighted by Gasteiger charge is 2.77. The van der Waals surface area contributed by atoms with E-state index < -0.39 is 10.4 Å². The number of likely N-dealkylation sites (N-methyl/N-ethyl adjacent to an activating group) is 1. The Hall–Kier alpha value is -1.54. The second kappa shape index (κ2) is 7.06. The number of quaternary nitrogens is 1. The predicted octanol–water partition coefficient (Wildman–Crippen LogP) is 3.02. The van der Waals surface area contributed by atoms with Gasteiger partial charge in [0, 0.05) is 17.3 Å². The monoisotopic (exact) mass is 409 g/mol. The Bertz CT molecular complexity index is 883. The summed E-state index contributed by atoms with van der Waals surface area (Å²) in [6.07, 6.45) is 4.24. The van der Waals surface area contributed by atoms with Crippen molar-refractivity contribution >= 4 is 22.3 Å². The second-order valence-corrected chi connectivity index (χ2v) is 10.4. The van der Waals surface area contributed by atoms with E-state index in [-0.39, 0.29) is 16.4 Å². The van der Waals surface area contributed by atoms with Gasteiger partial charge in [0.2, 0.25) is 10.4 Å². The molecule has 2 saturated carbocycles. The van der Waals surface area contributed by atoms with E-state index in [1.54, 1.807) is 0 Å². The van der Waals surface area contributed by atoms with Gasteiger partial charge in [-0.1, -0.05) is 51.1 Å². The van der Waals surface area contributed by atoms with E-state index in [1.807, 2.05) is 18.2 Å². The number of rotatable bonds is 3. The lowest BCUT2D eigenvalue weighted by Gasteiger charge is -2.50. The van der Waals surface area contributed by atoms with Gasteiger partial charge in [-0.25, -0.2) is 8.42 Å². The third-order valence-corrected chi connectivity index (χ3v) is 7.46. The summed E-state index contributed by atoms with van der Waals surface area (Å²) in [5.74, 6) is 0.362. The quantitative estimate of drug-likeness (QED) is 0.332. The molecule has 0 radical (unpaired) electrons. The molecule has 0 aliphatic heterocycles. The fraction of sp³-hybridized carbons (Fsp3) is 0.571. The van der Waals surface area contributed by atoms with Crippen LogP contribution >= 0.6 is 0 Å². The van der Waals surface area contributed by atoms with E-state index in [4.69, 9.17) is 0 Å². The molecule has 0 aromatic heterocycles. The minimum atomic E-state index is -4.41. The van der Waals surface area contributed by atoms with Gasteiger partial charge in [0.15, 0.2) is 5.78 Å². The lowest BCUT2D eigenvalue weighted by molar-refractivity contribution is -0.923. The number of benzene rings is 1. The Morgan fingerprint density at radius 1 is 1.07 bits per heavy atom. The predicted molar refractivity (Wildman–Crippen MR) is 108 cm³/mol. The summed E-state index contributed by atoms with van der Waals surface area (Å²) in [5.41, 5.74) is 1.79. The molecule has 0 N–H and O–H groups in total. The van der Waals surface area contributed by atoms with E-state index in [2.05, 4.69) is 64.3 Å². The highest BCUT2D eigenvalue weighted by atomic mass is 32.3. The van der Waals surface area contributed by atoms with E-state index in [9.17, 15) is 17.8 Å². The Morgan fingerprint density at radius 3 is 2.00 bits per heavy atom. The highest BCUT2D eigenvalue weighted by molar-refractivity contribution is 7.80. The maximum absolute atomic E-state index is 13.3. The first-order valence-corrected chi connectivity index (χ1v) is 10.6. The first kappa shape index (κ1) is 22.7. The summed E-state index contributed by atoms with van der Waals surface area (Å²) in [6, 6.07) is 10.3. The average molecular weight is 410 g/mol. The van der Waals surface area contributed by atoms with Crippen LogP contribution in [-0.2, 0) is 19.4 Å². The zero-order valence-electron chi connectivity index (χ0n) is 17.8. The molecule has 0 spiro atoms. The fourth-order valence-corrected chi connectivity index (χ4v) is 5.30. The number of Topliss-reactive ketones (excluding diaryl/α,β-unsaturated/α-hetero) is 1. The van der Waals surface area contributed by atoms with Crippen LogP contribution in [0.25, 0.3) is 6.08 Å². The number of carbonyl (C=O) groups is 1.